The van der Waals surface area contributed by atoms with Gasteiger partial charge in [-0.25, -0.2) is 17.9 Å². The molecule has 1 fully saturated rings. The second-order valence-corrected chi connectivity index (χ2v) is 6.60. The van der Waals surface area contributed by atoms with E-state index in [2.05, 4.69) is 5.32 Å². The van der Waals surface area contributed by atoms with Crippen LogP contribution in [0.2, 0.25) is 0 Å². The summed E-state index contributed by atoms with van der Waals surface area (Å²) in [7, 11) is -3.84. The summed E-state index contributed by atoms with van der Waals surface area (Å²) < 4.78 is 35.7. The van der Waals surface area contributed by atoms with Crippen molar-refractivity contribution in [3.05, 3.63) is 24.0 Å². The van der Waals surface area contributed by atoms with Crippen LogP contribution in [0.1, 0.15) is 6.42 Å². The molecule has 4 nitrogen and oxygen atoms in total. The minimum absolute atomic E-state index is 0.207. The van der Waals surface area contributed by atoms with Crippen LogP contribution >= 0.6 is 11.8 Å². The molecule has 1 aliphatic heterocycles. The lowest BCUT2D eigenvalue weighted by molar-refractivity contribution is 0.592. The lowest BCUT2D eigenvalue weighted by Gasteiger charge is -2.13. The van der Waals surface area contributed by atoms with Gasteiger partial charge in [-0.3, -0.25) is 0 Å². The van der Waals surface area contributed by atoms with Gasteiger partial charge in [0.1, 0.15) is 5.82 Å². The molecule has 1 unspecified atom stereocenters. The molecule has 0 amide bonds. The first-order valence-electron chi connectivity index (χ1n) is 5.13. The smallest absolute Gasteiger partial charge is 0.238 e. The minimum atomic E-state index is -3.84. The van der Waals surface area contributed by atoms with E-state index in [1.807, 2.05) is 11.8 Å². The van der Waals surface area contributed by atoms with Crippen molar-refractivity contribution in [3.8, 4) is 0 Å². The summed E-state index contributed by atoms with van der Waals surface area (Å²) in [4.78, 5) is -0.207. The number of nitrogens with one attached hydrogen (secondary N) is 1. The molecule has 0 bridgehead atoms. The Kier molecular flexibility index (Phi) is 3.60. The molecule has 0 saturated carbocycles. The maximum atomic E-state index is 13.6. The highest BCUT2D eigenvalue weighted by molar-refractivity contribution is 7.99. The lowest BCUT2D eigenvalue weighted by Crippen LogP contribution is -2.19. The summed E-state index contributed by atoms with van der Waals surface area (Å²) in [5.41, 5.74) is 0.324. The zero-order valence-corrected chi connectivity index (χ0v) is 10.7. The van der Waals surface area contributed by atoms with Crippen molar-refractivity contribution in [1.29, 1.82) is 0 Å². The molecule has 94 valence electrons. The van der Waals surface area contributed by atoms with Gasteiger partial charge in [0.15, 0.2) is 0 Å². The zero-order valence-electron chi connectivity index (χ0n) is 9.02. The maximum Gasteiger partial charge on any atom is 0.238 e. The van der Waals surface area contributed by atoms with Crippen molar-refractivity contribution in [2.75, 3.05) is 16.8 Å². The van der Waals surface area contributed by atoms with Gasteiger partial charge in [-0.1, -0.05) is 0 Å². The normalized spacial score (nSPS) is 20.5. The topological polar surface area (TPSA) is 72.2 Å². The largest absolute Gasteiger partial charge is 0.379 e. The summed E-state index contributed by atoms with van der Waals surface area (Å²) in [6, 6.07) is 3.91. The highest BCUT2D eigenvalue weighted by Gasteiger charge is 2.17. The number of primary sulfonamides is 1. The fourth-order valence-electron chi connectivity index (χ4n) is 1.66. The number of hydrogen-bond donors (Lipinski definition) is 2. The van der Waals surface area contributed by atoms with Crippen LogP contribution in [0.4, 0.5) is 10.1 Å². The molecule has 17 heavy (non-hydrogen) atoms. The summed E-state index contributed by atoms with van der Waals surface area (Å²) in [6.45, 7) is 0. The highest BCUT2D eigenvalue weighted by Crippen LogP contribution is 2.24. The molecule has 1 aliphatic rings. The number of sulfonamides is 1. The van der Waals surface area contributed by atoms with E-state index in [9.17, 15) is 12.8 Å². The van der Waals surface area contributed by atoms with Gasteiger partial charge < -0.3 is 5.32 Å². The number of benzene rings is 1. The van der Waals surface area contributed by atoms with E-state index < -0.39 is 15.8 Å². The predicted molar refractivity (Wildman–Crippen MR) is 67.1 cm³/mol. The molecule has 0 aromatic heterocycles. The molecule has 0 spiro atoms. The quantitative estimate of drug-likeness (QED) is 0.875. The van der Waals surface area contributed by atoms with E-state index >= 15 is 0 Å². The molecule has 1 aromatic rings. The van der Waals surface area contributed by atoms with Crippen LogP contribution in [0.15, 0.2) is 23.1 Å². The maximum absolute atomic E-state index is 13.6. The number of anilines is 1. The molecule has 0 radical (unpaired) electrons. The third-order valence-electron chi connectivity index (χ3n) is 2.56. The molecule has 1 atom stereocenters. The van der Waals surface area contributed by atoms with Crippen LogP contribution in [0.3, 0.4) is 0 Å². The third-order valence-corrected chi connectivity index (χ3v) is 4.63. The van der Waals surface area contributed by atoms with Gasteiger partial charge in [0.2, 0.25) is 10.0 Å². The van der Waals surface area contributed by atoms with Crippen LogP contribution in [0.25, 0.3) is 0 Å². The van der Waals surface area contributed by atoms with Crippen LogP contribution in [0.5, 0.6) is 0 Å². The van der Waals surface area contributed by atoms with E-state index in [4.69, 9.17) is 5.14 Å². The SMILES string of the molecule is NS(=O)(=O)c1ccc(NC2CCSC2)c(F)c1. The van der Waals surface area contributed by atoms with Gasteiger partial charge in [0.25, 0.3) is 0 Å². The first-order chi connectivity index (χ1) is 7.97. The van der Waals surface area contributed by atoms with Gasteiger partial charge >= 0.3 is 0 Å². The van der Waals surface area contributed by atoms with Crippen molar-refractivity contribution in [1.82, 2.24) is 0 Å². The Morgan fingerprint density at radius 2 is 2.24 bits per heavy atom. The minimum Gasteiger partial charge on any atom is -0.379 e. The van der Waals surface area contributed by atoms with Gasteiger partial charge in [0, 0.05) is 11.8 Å². The molecular formula is C10H13FN2O2S2. The number of halogens is 1. The number of nitrogens with two attached hydrogens (primary N) is 1. The number of thioether (sulfide) groups is 1. The Bertz CT molecular complexity index is 513. The first-order valence-corrected chi connectivity index (χ1v) is 7.83. The molecule has 1 saturated heterocycles. The first kappa shape index (κ1) is 12.7. The Morgan fingerprint density at radius 3 is 2.76 bits per heavy atom. The Labute approximate surface area is 104 Å². The Morgan fingerprint density at radius 1 is 1.47 bits per heavy atom. The highest BCUT2D eigenvalue weighted by atomic mass is 32.2. The summed E-state index contributed by atoms with van der Waals surface area (Å²) >= 11 is 1.81. The van der Waals surface area contributed by atoms with E-state index in [1.54, 1.807) is 0 Å². The molecule has 0 aliphatic carbocycles. The molecular weight excluding hydrogens is 263 g/mol. The fourth-order valence-corrected chi connectivity index (χ4v) is 3.34. The third kappa shape index (κ3) is 3.11. The number of hydrogen-bond acceptors (Lipinski definition) is 4. The Balaban J connectivity index is 2.19. The number of rotatable bonds is 3. The van der Waals surface area contributed by atoms with E-state index in [1.165, 1.54) is 12.1 Å². The second-order valence-electron chi connectivity index (χ2n) is 3.89. The fraction of sp³-hybridized carbons (Fsp3) is 0.400. The van der Waals surface area contributed by atoms with E-state index in [0.29, 0.717) is 5.69 Å². The van der Waals surface area contributed by atoms with Gasteiger partial charge in [0.05, 0.1) is 10.6 Å². The molecule has 1 heterocycles. The van der Waals surface area contributed by atoms with E-state index in [-0.39, 0.29) is 10.9 Å². The molecule has 2 rings (SSSR count). The average molecular weight is 276 g/mol. The van der Waals surface area contributed by atoms with Crippen LogP contribution < -0.4 is 10.5 Å². The van der Waals surface area contributed by atoms with Gasteiger partial charge in [-0.15, -0.1) is 0 Å². The van der Waals surface area contributed by atoms with Crippen LogP contribution in [-0.2, 0) is 10.0 Å². The average Bonchev–Trinajstić information content (AvgIpc) is 2.72. The van der Waals surface area contributed by atoms with Crippen LogP contribution in [-0.4, -0.2) is 26.0 Å². The van der Waals surface area contributed by atoms with Gasteiger partial charge in [-0.2, -0.15) is 11.8 Å². The van der Waals surface area contributed by atoms with Gasteiger partial charge in [-0.05, 0) is 30.4 Å². The summed E-state index contributed by atoms with van der Waals surface area (Å²) in [5.74, 6) is 1.42. The molecule has 7 heteroatoms. The summed E-state index contributed by atoms with van der Waals surface area (Å²) in [5, 5.41) is 7.98. The monoisotopic (exact) mass is 276 g/mol. The van der Waals surface area contributed by atoms with Crippen LogP contribution in [0, 0.1) is 5.82 Å². The Hall–Kier alpha value is -0.790. The second kappa shape index (κ2) is 4.83. The van der Waals surface area contributed by atoms with Crippen molar-refractivity contribution in [2.24, 2.45) is 5.14 Å². The zero-order chi connectivity index (χ0) is 12.5. The predicted octanol–water partition coefficient (Wildman–Crippen LogP) is 1.39. The lowest BCUT2D eigenvalue weighted by atomic mass is 10.2. The van der Waals surface area contributed by atoms with Crippen molar-refractivity contribution >= 4 is 27.5 Å². The standard InChI is InChI=1S/C10H13FN2O2S2/c11-9-5-8(17(12,14)15)1-2-10(9)13-7-3-4-16-6-7/h1-2,5,7,13H,3-4,6H2,(H2,12,14,15). The summed E-state index contributed by atoms with van der Waals surface area (Å²) in [6.07, 6.45) is 0.987. The van der Waals surface area contributed by atoms with Crippen molar-refractivity contribution < 1.29 is 12.8 Å². The van der Waals surface area contributed by atoms with E-state index in [0.717, 1.165) is 24.0 Å². The van der Waals surface area contributed by atoms with Crippen molar-refractivity contribution in [2.45, 2.75) is 17.4 Å². The molecule has 3 N–H and O–H groups in total. The van der Waals surface area contributed by atoms with Crippen molar-refractivity contribution in [3.63, 3.8) is 0 Å². The molecule has 1 aromatic carbocycles.